The Kier molecular flexibility index (Phi) is 4.32. The van der Waals surface area contributed by atoms with Crippen LogP contribution in [0.3, 0.4) is 0 Å². The molecule has 21 heavy (non-hydrogen) atoms. The summed E-state index contributed by atoms with van der Waals surface area (Å²) in [6.45, 7) is 1.70. The molecule has 1 heterocycles. The van der Waals surface area contributed by atoms with Crippen LogP contribution in [0.4, 0.5) is 4.39 Å². The molecule has 0 bridgehead atoms. The summed E-state index contributed by atoms with van der Waals surface area (Å²) < 4.78 is 19.4. The lowest BCUT2D eigenvalue weighted by atomic mass is 10.2. The molecule has 6 nitrogen and oxygen atoms in total. The van der Waals surface area contributed by atoms with Gasteiger partial charge in [0.1, 0.15) is 11.5 Å². The Morgan fingerprint density at radius 1 is 1.38 bits per heavy atom. The van der Waals surface area contributed by atoms with E-state index in [0.29, 0.717) is 0 Å². The van der Waals surface area contributed by atoms with E-state index in [0.717, 1.165) is 10.7 Å². The number of hydrogen-bond donors (Lipinski definition) is 1. The summed E-state index contributed by atoms with van der Waals surface area (Å²) in [7, 11) is 0. The molecule has 0 radical (unpaired) electrons. The van der Waals surface area contributed by atoms with Crippen LogP contribution in [0.5, 0.6) is 0 Å². The van der Waals surface area contributed by atoms with Crippen molar-refractivity contribution in [3.05, 3.63) is 53.1 Å². The van der Waals surface area contributed by atoms with Crippen molar-refractivity contribution in [2.24, 2.45) is 0 Å². The summed E-state index contributed by atoms with van der Waals surface area (Å²) in [6, 6.07) is 7.07. The number of ether oxygens (including phenoxy) is 1. The molecule has 0 aliphatic heterocycles. The second-order valence-electron chi connectivity index (χ2n) is 4.19. The molecule has 0 aliphatic carbocycles. The largest absolute Gasteiger partial charge is 0.477 e. The minimum atomic E-state index is -1.26. The molecule has 0 saturated carbocycles. The summed E-state index contributed by atoms with van der Waals surface area (Å²) in [5.74, 6) is -2.44. The molecule has 0 aliphatic rings. The van der Waals surface area contributed by atoms with Gasteiger partial charge in [-0.15, -0.1) is 0 Å². The monoisotopic (exact) mass is 292 g/mol. The van der Waals surface area contributed by atoms with Crippen LogP contribution in [-0.2, 0) is 11.3 Å². The highest BCUT2D eigenvalue weighted by Crippen LogP contribution is 2.12. The second kappa shape index (κ2) is 6.17. The van der Waals surface area contributed by atoms with Crippen molar-refractivity contribution in [2.75, 3.05) is 6.61 Å². The van der Waals surface area contributed by atoms with Crippen molar-refractivity contribution in [2.45, 2.75) is 13.5 Å². The number of rotatable bonds is 5. The van der Waals surface area contributed by atoms with E-state index in [2.05, 4.69) is 5.10 Å². The SMILES string of the molecule is CCOC(=O)c1cc(C(=O)O)n(Cc2ccccc2F)n1. The second-order valence-corrected chi connectivity index (χ2v) is 4.19. The Bertz CT molecular complexity index is 681. The van der Waals surface area contributed by atoms with Crippen LogP contribution >= 0.6 is 0 Å². The summed E-state index contributed by atoms with van der Waals surface area (Å²) in [5.41, 5.74) is -0.0506. The van der Waals surface area contributed by atoms with Crippen molar-refractivity contribution < 1.29 is 23.8 Å². The molecule has 0 saturated heterocycles. The van der Waals surface area contributed by atoms with E-state index in [1.807, 2.05) is 0 Å². The van der Waals surface area contributed by atoms with Crippen LogP contribution in [0.25, 0.3) is 0 Å². The number of halogens is 1. The third kappa shape index (κ3) is 3.25. The van der Waals surface area contributed by atoms with Gasteiger partial charge in [0.15, 0.2) is 5.69 Å². The molecule has 1 aromatic carbocycles. The zero-order valence-electron chi connectivity index (χ0n) is 11.2. The van der Waals surface area contributed by atoms with Crippen molar-refractivity contribution in [1.82, 2.24) is 9.78 Å². The number of carbonyl (C=O) groups excluding carboxylic acids is 1. The Labute approximate surface area is 119 Å². The Balaban J connectivity index is 2.36. The zero-order chi connectivity index (χ0) is 15.4. The third-order valence-electron chi connectivity index (χ3n) is 2.76. The Hall–Kier alpha value is -2.70. The first-order chi connectivity index (χ1) is 10.0. The highest BCUT2D eigenvalue weighted by Gasteiger charge is 2.20. The van der Waals surface area contributed by atoms with Gasteiger partial charge in [-0.2, -0.15) is 5.10 Å². The van der Waals surface area contributed by atoms with Crippen LogP contribution in [0.2, 0.25) is 0 Å². The van der Waals surface area contributed by atoms with E-state index in [1.54, 1.807) is 13.0 Å². The Morgan fingerprint density at radius 3 is 2.71 bits per heavy atom. The zero-order valence-corrected chi connectivity index (χ0v) is 11.2. The van der Waals surface area contributed by atoms with Crippen LogP contribution < -0.4 is 0 Å². The lowest BCUT2D eigenvalue weighted by Crippen LogP contribution is -2.12. The average Bonchev–Trinajstić information content (AvgIpc) is 2.86. The fraction of sp³-hybridized carbons (Fsp3) is 0.214. The highest BCUT2D eigenvalue weighted by molar-refractivity contribution is 5.92. The molecule has 1 N–H and O–H groups in total. The first-order valence-corrected chi connectivity index (χ1v) is 6.24. The number of carboxylic acid groups (broad SMARTS) is 1. The molecule has 2 aromatic rings. The van der Waals surface area contributed by atoms with Gasteiger partial charge >= 0.3 is 11.9 Å². The fourth-order valence-corrected chi connectivity index (χ4v) is 1.80. The highest BCUT2D eigenvalue weighted by atomic mass is 19.1. The molecule has 0 spiro atoms. The lowest BCUT2D eigenvalue weighted by molar-refractivity contribution is 0.0518. The average molecular weight is 292 g/mol. The van der Waals surface area contributed by atoms with Crippen molar-refractivity contribution in [3.8, 4) is 0 Å². The third-order valence-corrected chi connectivity index (χ3v) is 2.76. The van der Waals surface area contributed by atoms with Gasteiger partial charge in [-0.1, -0.05) is 18.2 Å². The van der Waals surface area contributed by atoms with Gasteiger partial charge in [0, 0.05) is 11.6 Å². The smallest absolute Gasteiger partial charge is 0.358 e. The molecule has 2 rings (SSSR count). The van der Waals surface area contributed by atoms with Gasteiger partial charge in [0.2, 0.25) is 0 Å². The molecular formula is C14H13FN2O4. The van der Waals surface area contributed by atoms with E-state index >= 15 is 0 Å². The normalized spacial score (nSPS) is 10.4. The van der Waals surface area contributed by atoms with Gasteiger partial charge in [0.05, 0.1) is 13.2 Å². The van der Waals surface area contributed by atoms with E-state index < -0.39 is 17.8 Å². The fourth-order valence-electron chi connectivity index (χ4n) is 1.80. The predicted molar refractivity (Wildman–Crippen MR) is 70.6 cm³/mol. The standard InChI is InChI=1S/C14H13FN2O4/c1-2-21-14(20)11-7-12(13(18)19)17(16-11)8-9-5-3-4-6-10(9)15/h3-7H,2,8H2,1H3,(H,18,19). The number of aromatic nitrogens is 2. The van der Waals surface area contributed by atoms with Gasteiger partial charge in [-0.3, -0.25) is 4.68 Å². The summed E-state index contributed by atoms with van der Waals surface area (Å²) >= 11 is 0. The van der Waals surface area contributed by atoms with Crippen molar-refractivity contribution >= 4 is 11.9 Å². The number of nitrogens with zero attached hydrogens (tertiary/aromatic N) is 2. The quantitative estimate of drug-likeness (QED) is 0.852. The van der Waals surface area contributed by atoms with Crippen LogP contribution in [0.15, 0.2) is 30.3 Å². The molecule has 0 unspecified atom stereocenters. The van der Waals surface area contributed by atoms with Gasteiger partial charge in [0.25, 0.3) is 0 Å². The number of carboxylic acids is 1. The molecule has 0 amide bonds. The van der Waals surface area contributed by atoms with E-state index in [4.69, 9.17) is 9.84 Å². The summed E-state index contributed by atoms with van der Waals surface area (Å²) in [5, 5.41) is 13.0. The molecule has 110 valence electrons. The van der Waals surface area contributed by atoms with E-state index in [9.17, 15) is 14.0 Å². The molecule has 7 heteroatoms. The molecule has 0 fully saturated rings. The number of benzene rings is 1. The molecule has 1 aromatic heterocycles. The molecule has 0 atom stereocenters. The number of esters is 1. The maximum absolute atomic E-state index is 13.6. The van der Waals surface area contributed by atoms with Gasteiger partial charge in [-0.25, -0.2) is 14.0 Å². The maximum Gasteiger partial charge on any atom is 0.358 e. The number of aromatic carboxylic acids is 1. The minimum Gasteiger partial charge on any atom is -0.477 e. The van der Waals surface area contributed by atoms with Crippen LogP contribution in [-0.4, -0.2) is 33.4 Å². The summed E-state index contributed by atoms with van der Waals surface area (Å²) in [4.78, 5) is 22.8. The number of carbonyl (C=O) groups is 2. The van der Waals surface area contributed by atoms with Gasteiger partial charge in [-0.05, 0) is 13.0 Å². The molecular weight excluding hydrogens is 279 g/mol. The first kappa shape index (κ1) is 14.7. The maximum atomic E-state index is 13.6. The van der Waals surface area contributed by atoms with E-state index in [1.165, 1.54) is 18.2 Å². The minimum absolute atomic E-state index is 0.0896. The summed E-state index contributed by atoms with van der Waals surface area (Å²) in [6.07, 6.45) is 0. The van der Waals surface area contributed by atoms with E-state index in [-0.39, 0.29) is 30.1 Å². The Morgan fingerprint density at radius 2 is 2.10 bits per heavy atom. The number of hydrogen-bond acceptors (Lipinski definition) is 4. The topological polar surface area (TPSA) is 81.4 Å². The van der Waals surface area contributed by atoms with Crippen LogP contribution in [0, 0.1) is 5.82 Å². The van der Waals surface area contributed by atoms with Crippen LogP contribution in [0.1, 0.15) is 33.5 Å². The van der Waals surface area contributed by atoms with Gasteiger partial charge < -0.3 is 9.84 Å². The predicted octanol–water partition coefficient (Wildman–Crippen LogP) is 1.95. The van der Waals surface area contributed by atoms with Crippen molar-refractivity contribution in [3.63, 3.8) is 0 Å². The lowest BCUT2D eigenvalue weighted by Gasteiger charge is -2.05. The van der Waals surface area contributed by atoms with Crippen molar-refractivity contribution in [1.29, 1.82) is 0 Å². The first-order valence-electron chi connectivity index (χ1n) is 6.24.